The fourth-order valence-electron chi connectivity index (χ4n) is 2.98. The Balaban J connectivity index is 2.17. The number of hydrogen-bond acceptors (Lipinski definition) is 3. The molecule has 0 radical (unpaired) electrons. The molecule has 0 saturated heterocycles. The summed E-state index contributed by atoms with van der Waals surface area (Å²) < 4.78 is 2.15. The van der Waals surface area contributed by atoms with Crippen molar-refractivity contribution >= 4 is 21.6 Å². The van der Waals surface area contributed by atoms with Crippen LogP contribution in [0.3, 0.4) is 0 Å². The summed E-state index contributed by atoms with van der Waals surface area (Å²) in [6.45, 7) is 7.39. The second-order valence-electron chi connectivity index (χ2n) is 6.69. The molecule has 0 spiro atoms. The molecule has 0 aromatic carbocycles. The molecule has 21 heavy (non-hydrogen) atoms. The number of hydrogen-bond donors (Lipinski definition) is 1. The summed E-state index contributed by atoms with van der Waals surface area (Å²) in [5.74, 6) is 0. The van der Waals surface area contributed by atoms with Crippen molar-refractivity contribution in [1.82, 2.24) is 9.78 Å². The zero-order valence-electron chi connectivity index (χ0n) is 13.3. The van der Waals surface area contributed by atoms with Gasteiger partial charge in [0, 0.05) is 12.6 Å². The minimum Gasteiger partial charge on any atom is -0.379 e. The Kier molecular flexibility index (Phi) is 5.47. The standard InChI is InChI=1S/C16H26BrN3O/c1-4-5-10-20-15(21)14(17)12(11-18-20)19-13-8-6-7-9-16(13,2)3/h11,13,19H,4-10H2,1-3H3. The fraction of sp³-hybridized carbons (Fsp3) is 0.750. The Bertz CT molecular complexity index is 539. The highest BCUT2D eigenvalue weighted by Crippen LogP contribution is 2.37. The first-order valence-corrected chi connectivity index (χ1v) is 8.77. The van der Waals surface area contributed by atoms with Gasteiger partial charge in [0.1, 0.15) is 4.47 Å². The molecule has 1 aromatic heterocycles. The quantitative estimate of drug-likeness (QED) is 0.861. The van der Waals surface area contributed by atoms with E-state index in [0.29, 0.717) is 17.1 Å². The van der Waals surface area contributed by atoms with Gasteiger partial charge in [-0.3, -0.25) is 4.79 Å². The number of halogens is 1. The van der Waals surface area contributed by atoms with Crippen LogP contribution in [0.1, 0.15) is 59.3 Å². The minimum absolute atomic E-state index is 0.0398. The van der Waals surface area contributed by atoms with E-state index in [2.05, 4.69) is 47.1 Å². The molecule has 0 bridgehead atoms. The van der Waals surface area contributed by atoms with Crippen molar-refractivity contribution in [2.24, 2.45) is 5.41 Å². The second-order valence-corrected chi connectivity index (χ2v) is 7.48. The molecule has 1 fully saturated rings. The van der Waals surface area contributed by atoms with Crippen molar-refractivity contribution in [2.45, 2.75) is 71.9 Å². The van der Waals surface area contributed by atoms with Crippen molar-refractivity contribution < 1.29 is 0 Å². The molecule has 0 amide bonds. The van der Waals surface area contributed by atoms with E-state index in [0.717, 1.165) is 24.9 Å². The first kappa shape index (κ1) is 16.5. The van der Waals surface area contributed by atoms with Gasteiger partial charge in [0.15, 0.2) is 0 Å². The van der Waals surface area contributed by atoms with Crippen molar-refractivity contribution in [1.29, 1.82) is 0 Å². The predicted octanol–water partition coefficient (Wildman–Crippen LogP) is 4.19. The third-order valence-electron chi connectivity index (χ3n) is 4.55. The maximum absolute atomic E-state index is 12.3. The Hall–Kier alpha value is -0.840. The minimum atomic E-state index is -0.0398. The lowest BCUT2D eigenvalue weighted by molar-refractivity contribution is 0.217. The van der Waals surface area contributed by atoms with Crippen LogP contribution in [0.2, 0.25) is 0 Å². The van der Waals surface area contributed by atoms with Gasteiger partial charge in [-0.05, 0) is 40.6 Å². The SMILES string of the molecule is CCCCn1ncc(NC2CCCCC2(C)C)c(Br)c1=O. The number of rotatable bonds is 5. The topological polar surface area (TPSA) is 46.9 Å². The smallest absolute Gasteiger partial charge is 0.283 e. The molecule has 1 saturated carbocycles. The molecule has 1 aromatic rings. The molecule has 2 rings (SSSR count). The van der Waals surface area contributed by atoms with Gasteiger partial charge in [0.2, 0.25) is 0 Å². The fourth-order valence-corrected chi connectivity index (χ4v) is 3.40. The van der Waals surface area contributed by atoms with Crippen LogP contribution in [-0.4, -0.2) is 15.8 Å². The molecular weight excluding hydrogens is 330 g/mol. The molecule has 1 aliphatic rings. The average Bonchev–Trinajstić information content (AvgIpc) is 2.45. The summed E-state index contributed by atoms with van der Waals surface area (Å²) in [7, 11) is 0. The normalized spacial score (nSPS) is 21.2. The molecule has 1 N–H and O–H groups in total. The van der Waals surface area contributed by atoms with E-state index in [1.807, 2.05) is 0 Å². The van der Waals surface area contributed by atoms with Gasteiger partial charge < -0.3 is 5.32 Å². The van der Waals surface area contributed by atoms with E-state index < -0.39 is 0 Å². The lowest BCUT2D eigenvalue weighted by atomic mass is 9.73. The monoisotopic (exact) mass is 355 g/mol. The summed E-state index contributed by atoms with van der Waals surface area (Å²) in [6, 6.07) is 0.398. The maximum atomic E-state index is 12.3. The van der Waals surface area contributed by atoms with Crippen LogP contribution < -0.4 is 10.9 Å². The zero-order chi connectivity index (χ0) is 15.5. The number of unbranched alkanes of at least 4 members (excludes halogenated alkanes) is 1. The van der Waals surface area contributed by atoms with Crippen molar-refractivity contribution in [3.8, 4) is 0 Å². The van der Waals surface area contributed by atoms with Gasteiger partial charge in [0.05, 0.1) is 11.9 Å². The summed E-state index contributed by atoms with van der Waals surface area (Å²) >= 11 is 3.45. The van der Waals surface area contributed by atoms with Gasteiger partial charge >= 0.3 is 0 Å². The van der Waals surface area contributed by atoms with E-state index in [1.165, 1.54) is 19.3 Å². The highest BCUT2D eigenvalue weighted by atomic mass is 79.9. The highest BCUT2D eigenvalue weighted by Gasteiger charge is 2.32. The molecule has 0 aliphatic heterocycles. The van der Waals surface area contributed by atoms with E-state index in [-0.39, 0.29) is 11.0 Å². The Morgan fingerprint density at radius 1 is 1.48 bits per heavy atom. The maximum Gasteiger partial charge on any atom is 0.283 e. The van der Waals surface area contributed by atoms with Gasteiger partial charge in [-0.2, -0.15) is 5.10 Å². The van der Waals surface area contributed by atoms with Crippen LogP contribution in [-0.2, 0) is 6.54 Å². The lowest BCUT2D eigenvalue weighted by Gasteiger charge is -2.39. The lowest BCUT2D eigenvalue weighted by Crippen LogP contribution is -2.39. The molecule has 1 heterocycles. The third kappa shape index (κ3) is 3.87. The van der Waals surface area contributed by atoms with E-state index in [1.54, 1.807) is 10.9 Å². The summed E-state index contributed by atoms with van der Waals surface area (Å²) in [5.41, 5.74) is 1.05. The number of nitrogens with one attached hydrogen (secondary N) is 1. The summed E-state index contributed by atoms with van der Waals surface area (Å²) in [5, 5.41) is 7.84. The van der Waals surface area contributed by atoms with Crippen LogP contribution in [0.15, 0.2) is 15.5 Å². The van der Waals surface area contributed by atoms with Crippen molar-refractivity contribution in [2.75, 3.05) is 5.32 Å². The summed E-state index contributed by atoms with van der Waals surface area (Å²) in [6.07, 6.45) is 8.74. The molecule has 1 atom stereocenters. The average molecular weight is 356 g/mol. The highest BCUT2D eigenvalue weighted by molar-refractivity contribution is 9.10. The Morgan fingerprint density at radius 3 is 2.90 bits per heavy atom. The van der Waals surface area contributed by atoms with Crippen LogP contribution in [0.25, 0.3) is 0 Å². The van der Waals surface area contributed by atoms with E-state index in [9.17, 15) is 4.79 Å². The molecule has 1 aliphatic carbocycles. The number of aryl methyl sites for hydroxylation is 1. The Labute approximate surface area is 135 Å². The van der Waals surface area contributed by atoms with Crippen molar-refractivity contribution in [3.05, 3.63) is 21.0 Å². The Morgan fingerprint density at radius 2 is 2.24 bits per heavy atom. The van der Waals surface area contributed by atoms with Gasteiger partial charge in [-0.15, -0.1) is 0 Å². The molecular formula is C16H26BrN3O. The summed E-state index contributed by atoms with van der Waals surface area (Å²) in [4.78, 5) is 12.3. The van der Waals surface area contributed by atoms with Crippen LogP contribution in [0.4, 0.5) is 5.69 Å². The number of anilines is 1. The van der Waals surface area contributed by atoms with Crippen LogP contribution in [0.5, 0.6) is 0 Å². The first-order valence-electron chi connectivity index (χ1n) is 7.98. The first-order chi connectivity index (χ1) is 9.95. The zero-order valence-corrected chi connectivity index (χ0v) is 14.9. The second kappa shape index (κ2) is 6.95. The largest absolute Gasteiger partial charge is 0.379 e. The van der Waals surface area contributed by atoms with E-state index in [4.69, 9.17) is 0 Å². The molecule has 5 heteroatoms. The van der Waals surface area contributed by atoms with Crippen LogP contribution >= 0.6 is 15.9 Å². The molecule has 1 unspecified atom stereocenters. The predicted molar refractivity (Wildman–Crippen MR) is 90.8 cm³/mol. The van der Waals surface area contributed by atoms with Gasteiger partial charge in [0.25, 0.3) is 5.56 Å². The van der Waals surface area contributed by atoms with Crippen LogP contribution in [0, 0.1) is 5.41 Å². The van der Waals surface area contributed by atoms with Crippen molar-refractivity contribution in [3.63, 3.8) is 0 Å². The molecule has 4 nitrogen and oxygen atoms in total. The number of nitrogens with zero attached hydrogens (tertiary/aromatic N) is 2. The molecule has 118 valence electrons. The number of aromatic nitrogens is 2. The third-order valence-corrected chi connectivity index (χ3v) is 5.31. The van der Waals surface area contributed by atoms with Gasteiger partial charge in [-0.25, -0.2) is 4.68 Å². The van der Waals surface area contributed by atoms with Gasteiger partial charge in [-0.1, -0.05) is 40.0 Å². The van der Waals surface area contributed by atoms with E-state index >= 15 is 0 Å².